The van der Waals surface area contributed by atoms with Crippen LogP contribution in [0.5, 0.6) is 0 Å². The van der Waals surface area contributed by atoms with E-state index in [1.165, 1.54) is 12.1 Å². The maximum atomic E-state index is 13.0. The van der Waals surface area contributed by atoms with Gasteiger partial charge in [-0.1, -0.05) is 6.07 Å². The van der Waals surface area contributed by atoms with Crippen molar-refractivity contribution >= 4 is 35.6 Å². The molecule has 0 aromatic heterocycles. The number of nitrogens with zero attached hydrogens (tertiary/aromatic N) is 2. The molecule has 2 fully saturated rings. The van der Waals surface area contributed by atoms with Crippen LogP contribution in [0.1, 0.15) is 72.2 Å². The minimum absolute atomic E-state index is 0.0339. The van der Waals surface area contributed by atoms with E-state index >= 15 is 0 Å². The Morgan fingerprint density at radius 1 is 1.03 bits per heavy atom. The van der Waals surface area contributed by atoms with E-state index in [1.807, 2.05) is 0 Å². The molecular formula is C22H23N3O7. The van der Waals surface area contributed by atoms with Crippen molar-refractivity contribution in [3.63, 3.8) is 0 Å². The third-order valence-corrected chi connectivity index (χ3v) is 5.69. The van der Waals surface area contributed by atoms with Crippen molar-refractivity contribution in [2.45, 2.75) is 57.6 Å². The maximum Gasteiger partial charge on any atom is 0.417 e. The molecule has 1 unspecified atom stereocenters. The highest BCUT2D eigenvalue weighted by Gasteiger charge is 2.45. The number of likely N-dealkylation sites (tertiary alicyclic amines) is 1. The Bertz CT molecular complexity index is 1070. The number of hydrogen-bond donors (Lipinski definition) is 1. The predicted molar refractivity (Wildman–Crippen MR) is 108 cm³/mol. The van der Waals surface area contributed by atoms with Gasteiger partial charge in [-0.05, 0) is 51.3 Å². The summed E-state index contributed by atoms with van der Waals surface area (Å²) in [6, 6.07) is 3.46. The molecule has 2 atom stereocenters. The van der Waals surface area contributed by atoms with E-state index in [9.17, 15) is 28.8 Å². The number of ether oxygens (including phenoxy) is 1. The number of imide groups is 3. The van der Waals surface area contributed by atoms with Gasteiger partial charge in [0, 0.05) is 13.0 Å². The van der Waals surface area contributed by atoms with Crippen LogP contribution in [0, 0.1) is 0 Å². The minimum Gasteiger partial charge on any atom is -0.443 e. The molecule has 0 saturated carbocycles. The Hall–Kier alpha value is -3.56. The topological polar surface area (TPSA) is 130 Å². The molecule has 3 aliphatic heterocycles. The molecule has 3 heterocycles. The average molecular weight is 441 g/mol. The van der Waals surface area contributed by atoms with E-state index < -0.39 is 53.2 Å². The summed E-state index contributed by atoms with van der Waals surface area (Å²) in [5.41, 5.74) is -0.000333. The molecule has 0 bridgehead atoms. The van der Waals surface area contributed by atoms with E-state index in [-0.39, 0.29) is 30.5 Å². The van der Waals surface area contributed by atoms with E-state index in [4.69, 9.17) is 4.74 Å². The van der Waals surface area contributed by atoms with Crippen LogP contribution in [0.3, 0.4) is 0 Å². The van der Waals surface area contributed by atoms with Gasteiger partial charge in [0.25, 0.3) is 11.8 Å². The first kappa shape index (κ1) is 21.7. The van der Waals surface area contributed by atoms with Crippen LogP contribution >= 0.6 is 0 Å². The number of hydrogen-bond acceptors (Lipinski definition) is 7. The van der Waals surface area contributed by atoms with Crippen molar-refractivity contribution in [2.75, 3.05) is 6.54 Å². The monoisotopic (exact) mass is 441 g/mol. The largest absolute Gasteiger partial charge is 0.443 e. The fourth-order valence-corrected chi connectivity index (χ4v) is 4.19. The summed E-state index contributed by atoms with van der Waals surface area (Å²) >= 11 is 0. The number of benzene rings is 1. The summed E-state index contributed by atoms with van der Waals surface area (Å²) in [5, 5.41) is 2.15. The van der Waals surface area contributed by atoms with Gasteiger partial charge in [-0.3, -0.25) is 34.2 Å². The van der Waals surface area contributed by atoms with Gasteiger partial charge < -0.3 is 4.74 Å². The Morgan fingerprint density at radius 2 is 1.72 bits per heavy atom. The van der Waals surface area contributed by atoms with Crippen LogP contribution in [0.25, 0.3) is 0 Å². The smallest absolute Gasteiger partial charge is 0.417 e. The minimum atomic E-state index is -1.06. The zero-order valence-electron chi connectivity index (χ0n) is 18.0. The van der Waals surface area contributed by atoms with Gasteiger partial charge in [0.2, 0.25) is 17.7 Å². The second kappa shape index (κ2) is 7.54. The van der Waals surface area contributed by atoms with Crippen LogP contribution in [-0.2, 0) is 19.1 Å². The van der Waals surface area contributed by atoms with E-state index in [0.717, 1.165) is 9.80 Å². The summed E-state index contributed by atoms with van der Waals surface area (Å²) in [6.07, 6.45) is -0.266. The van der Waals surface area contributed by atoms with E-state index in [1.54, 1.807) is 26.8 Å². The Kier molecular flexibility index (Phi) is 5.10. The molecule has 6 amide bonds. The van der Waals surface area contributed by atoms with Crippen molar-refractivity contribution in [3.05, 3.63) is 34.9 Å². The molecule has 32 heavy (non-hydrogen) atoms. The number of amides is 6. The Balaban J connectivity index is 1.56. The normalized spacial score (nSPS) is 23.5. The van der Waals surface area contributed by atoms with Gasteiger partial charge in [-0.25, -0.2) is 9.69 Å². The van der Waals surface area contributed by atoms with Gasteiger partial charge in [-0.15, -0.1) is 0 Å². The van der Waals surface area contributed by atoms with Crippen molar-refractivity contribution in [2.24, 2.45) is 0 Å². The third kappa shape index (κ3) is 3.65. The quantitative estimate of drug-likeness (QED) is 0.686. The molecule has 2 saturated heterocycles. The summed E-state index contributed by atoms with van der Waals surface area (Å²) < 4.78 is 5.28. The molecule has 0 spiro atoms. The summed E-state index contributed by atoms with van der Waals surface area (Å²) in [7, 11) is 0. The Morgan fingerprint density at radius 3 is 2.38 bits per heavy atom. The van der Waals surface area contributed by atoms with Gasteiger partial charge in [0.15, 0.2) is 0 Å². The molecule has 10 heteroatoms. The van der Waals surface area contributed by atoms with Gasteiger partial charge >= 0.3 is 6.09 Å². The number of fused-ring (bicyclic) bond motifs is 1. The first-order valence-corrected chi connectivity index (χ1v) is 10.4. The molecule has 0 aliphatic carbocycles. The van der Waals surface area contributed by atoms with Crippen molar-refractivity contribution in [1.29, 1.82) is 0 Å². The van der Waals surface area contributed by atoms with Crippen LogP contribution in [-0.4, -0.2) is 63.6 Å². The highest BCUT2D eigenvalue weighted by molar-refractivity contribution is 6.23. The lowest BCUT2D eigenvalue weighted by molar-refractivity contribution is -0.136. The number of carbonyl (C=O) groups excluding carboxylic acids is 6. The molecule has 1 aromatic rings. The lowest BCUT2D eigenvalue weighted by atomic mass is 9.94. The fourth-order valence-electron chi connectivity index (χ4n) is 4.19. The first-order chi connectivity index (χ1) is 15.0. The van der Waals surface area contributed by atoms with Gasteiger partial charge in [-0.2, -0.15) is 0 Å². The van der Waals surface area contributed by atoms with Crippen molar-refractivity contribution in [3.8, 4) is 0 Å². The molecule has 3 aliphatic rings. The highest BCUT2D eigenvalue weighted by atomic mass is 16.6. The lowest BCUT2D eigenvalue weighted by Gasteiger charge is -2.27. The fraction of sp³-hybridized carbons (Fsp3) is 0.455. The van der Waals surface area contributed by atoms with E-state index in [2.05, 4.69) is 5.32 Å². The lowest BCUT2D eigenvalue weighted by Crippen LogP contribution is -2.54. The zero-order valence-corrected chi connectivity index (χ0v) is 18.0. The van der Waals surface area contributed by atoms with Gasteiger partial charge in [0.1, 0.15) is 11.6 Å². The molecular weight excluding hydrogens is 418 g/mol. The first-order valence-electron chi connectivity index (χ1n) is 10.4. The standard InChI is InChI=1S/C22H23N3O7/c1-22(2,3)32-21(31)24-9-8-12(18(24)28)11-4-5-13-14(10-11)20(30)25(19(13)29)15-6-7-16(26)23-17(15)27/h4-5,10,12,15H,6-9H2,1-3H3,(H,23,26,27)/t12-,15?/m0/s1. The molecule has 4 rings (SSSR count). The number of piperidine rings is 1. The summed E-state index contributed by atoms with van der Waals surface area (Å²) in [4.78, 5) is 76.5. The average Bonchev–Trinajstić information content (AvgIpc) is 3.19. The second-order valence-corrected chi connectivity index (χ2v) is 9.06. The predicted octanol–water partition coefficient (Wildman–Crippen LogP) is 1.34. The molecule has 0 radical (unpaired) electrons. The van der Waals surface area contributed by atoms with Gasteiger partial charge in [0.05, 0.1) is 17.0 Å². The zero-order chi connectivity index (χ0) is 23.4. The Labute approximate surface area is 183 Å². The van der Waals surface area contributed by atoms with Crippen LogP contribution in [0.15, 0.2) is 18.2 Å². The van der Waals surface area contributed by atoms with Crippen LogP contribution < -0.4 is 5.32 Å². The number of nitrogens with one attached hydrogen (secondary N) is 1. The maximum absolute atomic E-state index is 13.0. The van der Waals surface area contributed by atoms with Crippen molar-refractivity contribution < 1.29 is 33.5 Å². The van der Waals surface area contributed by atoms with Crippen LogP contribution in [0.2, 0.25) is 0 Å². The third-order valence-electron chi connectivity index (χ3n) is 5.69. The highest BCUT2D eigenvalue weighted by Crippen LogP contribution is 2.34. The molecule has 168 valence electrons. The SMILES string of the molecule is CC(C)(C)OC(=O)N1CC[C@@H](c2ccc3c(c2)C(=O)N(C2CCC(=O)NC2=O)C3=O)C1=O. The number of rotatable bonds is 2. The van der Waals surface area contributed by atoms with Crippen molar-refractivity contribution in [1.82, 2.24) is 15.1 Å². The molecule has 10 nitrogen and oxygen atoms in total. The second-order valence-electron chi connectivity index (χ2n) is 9.06. The molecule has 1 aromatic carbocycles. The van der Waals surface area contributed by atoms with E-state index in [0.29, 0.717) is 12.0 Å². The summed E-state index contributed by atoms with van der Waals surface area (Å²) in [6.45, 7) is 5.31. The van der Waals surface area contributed by atoms with Crippen LogP contribution in [0.4, 0.5) is 4.79 Å². The number of carbonyl (C=O) groups is 6. The molecule has 1 N–H and O–H groups in total. The summed E-state index contributed by atoms with van der Waals surface area (Å²) in [5.74, 6) is -3.47.